The summed E-state index contributed by atoms with van der Waals surface area (Å²) >= 11 is 0. The Balaban J connectivity index is 1.29. The maximum atomic E-state index is 13.9. The van der Waals surface area contributed by atoms with Crippen LogP contribution in [-0.4, -0.2) is 66.3 Å². The average Bonchev–Trinajstić information content (AvgIpc) is 2.98. The zero-order valence-electron chi connectivity index (χ0n) is 24.6. The topological polar surface area (TPSA) is 82.8 Å². The van der Waals surface area contributed by atoms with E-state index in [-0.39, 0.29) is 11.9 Å². The molecule has 2 fully saturated rings. The highest BCUT2D eigenvalue weighted by Crippen LogP contribution is 2.30. The third kappa shape index (κ3) is 6.18. The van der Waals surface area contributed by atoms with Gasteiger partial charge in [-0.2, -0.15) is 5.26 Å². The number of rotatable bonds is 6. The minimum absolute atomic E-state index is 0.00967. The summed E-state index contributed by atoms with van der Waals surface area (Å²) in [5, 5.41) is 24.3. The van der Waals surface area contributed by atoms with Gasteiger partial charge in [0.15, 0.2) is 0 Å². The van der Waals surface area contributed by atoms with Crippen LogP contribution in [0.5, 0.6) is 0 Å². The smallest absolute Gasteiger partial charge is 0.254 e. The lowest BCUT2D eigenvalue weighted by molar-refractivity contribution is 0.0227. The second kappa shape index (κ2) is 11.8. The first-order valence-electron chi connectivity index (χ1n) is 14.6. The van der Waals surface area contributed by atoms with Crippen LogP contribution in [0, 0.1) is 25.2 Å². The third-order valence-corrected chi connectivity index (χ3v) is 8.59. The van der Waals surface area contributed by atoms with Crippen molar-refractivity contribution in [3.8, 4) is 6.07 Å². The van der Waals surface area contributed by atoms with E-state index in [1.165, 1.54) is 0 Å². The Kier molecular flexibility index (Phi) is 8.23. The van der Waals surface area contributed by atoms with E-state index in [1.807, 2.05) is 74.2 Å². The van der Waals surface area contributed by atoms with Gasteiger partial charge in [0.25, 0.3) is 5.91 Å². The molecule has 0 unspecified atom stereocenters. The molecule has 1 atom stereocenters. The first-order chi connectivity index (χ1) is 19.7. The van der Waals surface area contributed by atoms with Crippen LogP contribution in [0.1, 0.15) is 53.7 Å². The van der Waals surface area contributed by atoms with Gasteiger partial charge in [-0.05, 0) is 82.0 Å². The molecule has 0 bridgehead atoms. The zero-order valence-corrected chi connectivity index (χ0v) is 24.6. The van der Waals surface area contributed by atoms with Crippen LogP contribution in [0.15, 0.2) is 66.7 Å². The predicted octanol–water partition coefficient (Wildman–Crippen LogP) is 5.36. The van der Waals surface area contributed by atoms with Gasteiger partial charge in [-0.25, -0.2) is 0 Å². The van der Waals surface area contributed by atoms with E-state index in [0.717, 1.165) is 54.1 Å². The minimum atomic E-state index is -0.980. The predicted molar refractivity (Wildman–Crippen MR) is 166 cm³/mol. The van der Waals surface area contributed by atoms with Gasteiger partial charge in [0.2, 0.25) is 0 Å². The molecule has 1 amide bonds. The standard InChI is InChI=1S/C34H41N5O2/c1-24-20-25(2)30(36-27-14-16-37(17-15-27)31-13-9-8-10-26(31)22-35)21-29(24)33(40)38-18-19-39(28-11-6-5-7-12-28)32(23-38)34(3,4)41/h5-13,20-21,27,32,36,41H,14-19,23H2,1-4H3/t32-/m0/s1. The summed E-state index contributed by atoms with van der Waals surface area (Å²) in [6.45, 7) is 11.2. The number of hydrogen-bond acceptors (Lipinski definition) is 6. The monoisotopic (exact) mass is 551 g/mol. The summed E-state index contributed by atoms with van der Waals surface area (Å²) in [7, 11) is 0. The van der Waals surface area contributed by atoms with Crippen molar-refractivity contribution < 1.29 is 9.90 Å². The van der Waals surface area contributed by atoms with Crippen LogP contribution < -0.4 is 15.1 Å². The number of nitrogens with one attached hydrogen (secondary N) is 1. The highest BCUT2D eigenvalue weighted by atomic mass is 16.3. The van der Waals surface area contributed by atoms with Crippen LogP contribution in [-0.2, 0) is 0 Å². The van der Waals surface area contributed by atoms with E-state index in [9.17, 15) is 15.2 Å². The molecule has 7 heteroatoms. The molecule has 2 aliphatic rings. The number of nitriles is 1. The molecule has 3 aromatic rings. The normalized spacial score (nSPS) is 18.2. The van der Waals surface area contributed by atoms with Crippen molar-refractivity contribution in [1.82, 2.24) is 4.90 Å². The van der Waals surface area contributed by atoms with Gasteiger partial charge in [-0.3, -0.25) is 4.79 Å². The van der Waals surface area contributed by atoms with E-state index in [1.54, 1.807) is 0 Å². The number of anilines is 3. The Bertz CT molecular complexity index is 1420. The molecule has 0 radical (unpaired) electrons. The van der Waals surface area contributed by atoms with Crippen LogP contribution >= 0.6 is 0 Å². The first kappa shape index (κ1) is 28.5. The second-order valence-corrected chi connectivity index (χ2v) is 12.0. The molecule has 41 heavy (non-hydrogen) atoms. The van der Waals surface area contributed by atoms with Crippen molar-refractivity contribution in [2.75, 3.05) is 47.8 Å². The summed E-state index contributed by atoms with van der Waals surface area (Å²) < 4.78 is 0. The maximum Gasteiger partial charge on any atom is 0.254 e. The van der Waals surface area contributed by atoms with Crippen molar-refractivity contribution in [3.05, 3.63) is 89.0 Å². The Labute approximate surface area is 244 Å². The number of carbonyl (C=O) groups is 1. The van der Waals surface area contributed by atoms with Crippen molar-refractivity contribution in [3.63, 3.8) is 0 Å². The number of carbonyl (C=O) groups excluding carboxylic acids is 1. The van der Waals surface area contributed by atoms with Gasteiger partial charge in [0.05, 0.1) is 22.9 Å². The number of amides is 1. The summed E-state index contributed by atoms with van der Waals surface area (Å²) in [5.74, 6) is 0.00967. The molecule has 7 nitrogen and oxygen atoms in total. The molecule has 2 N–H and O–H groups in total. The number of piperazine rings is 1. The molecular weight excluding hydrogens is 510 g/mol. The first-order valence-corrected chi connectivity index (χ1v) is 14.6. The van der Waals surface area contributed by atoms with Crippen LogP contribution in [0.3, 0.4) is 0 Å². The number of nitrogens with zero attached hydrogens (tertiary/aromatic N) is 4. The summed E-state index contributed by atoms with van der Waals surface area (Å²) in [6, 6.07) is 24.4. The van der Waals surface area contributed by atoms with E-state index in [2.05, 4.69) is 46.3 Å². The fourth-order valence-electron chi connectivity index (χ4n) is 6.24. The van der Waals surface area contributed by atoms with E-state index < -0.39 is 5.60 Å². The maximum absolute atomic E-state index is 13.9. The van der Waals surface area contributed by atoms with E-state index >= 15 is 0 Å². The lowest BCUT2D eigenvalue weighted by atomic mass is 9.93. The number of piperidine rings is 1. The molecular formula is C34H41N5O2. The van der Waals surface area contributed by atoms with Crippen LogP contribution in [0.25, 0.3) is 0 Å². The molecule has 0 aliphatic carbocycles. The van der Waals surface area contributed by atoms with Crippen molar-refractivity contribution in [1.29, 1.82) is 5.26 Å². The Morgan fingerprint density at radius 2 is 1.63 bits per heavy atom. The fourth-order valence-corrected chi connectivity index (χ4v) is 6.24. The zero-order chi connectivity index (χ0) is 29.1. The Morgan fingerprint density at radius 1 is 0.951 bits per heavy atom. The molecule has 3 aromatic carbocycles. The van der Waals surface area contributed by atoms with Crippen molar-refractivity contribution in [2.45, 2.75) is 58.2 Å². The Hall–Kier alpha value is -4.02. The van der Waals surface area contributed by atoms with Crippen LogP contribution in [0.2, 0.25) is 0 Å². The van der Waals surface area contributed by atoms with Gasteiger partial charge >= 0.3 is 0 Å². The number of aryl methyl sites for hydroxylation is 2. The third-order valence-electron chi connectivity index (χ3n) is 8.59. The number of para-hydroxylation sites is 2. The fraction of sp³-hybridized carbons (Fsp3) is 0.412. The van der Waals surface area contributed by atoms with E-state index in [0.29, 0.717) is 36.8 Å². The highest BCUT2D eigenvalue weighted by Gasteiger charge is 2.39. The highest BCUT2D eigenvalue weighted by molar-refractivity contribution is 5.97. The second-order valence-electron chi connectivity index (χ2n) is 12.0. The van der Waals surface area contributed by atoms with Gasteiger partial charge < -0.3 is 25.1 Å². The lowest BCUT2D eigenvalue weighted by Gasteiger charge is -2.47. The molecule has 0 spiro atoms. The molecule has 2 heterocycles. The Morgan fingerprint density at radius 3 is 2.32 bits per heavy atom. The van der Waals surface area contributed by atoms with Crippen molar-refractivity contribution >= 4 is 23.0 Å². The molecule has 214 valence electrons. The number of aliphatic hydroxyl groups is 1. The van der Waals surface area contributed by atoms with Gasteiger partial charge in [0.1, 0.15) is 6.07 Å². The summed E-state index contributed by atoms with van der Waals surface area (Å²) in [6.07, 6.45) is 1.90. The number of hydrogen-bond donors (Lipinski definition) is 2. The average molecular weight is 552 g/mol. The van der Waals surface area contributed by atoms with E-state index in [4.69, 9.17) is 0 Å². The summed E-state index contributed by atoms with van der Waals surface area (Å²) in [5.41, 5.74) is 5.60. The molecule has 2 aliphatic heterocycles. The molecule has 2 saturated heterocycles. The van der Waals surface area contributed by atoms with Crippen molar-refractivity contribution in [2.24, 2.45) is 0 Å². The number of benzene rings is 3. The molecule has 0 saturated carbocycles. The largest absolute Gasteiger partial charge is 0.388 e. The summed E-state index contributed by atoms with van der Waals surface area (Å²) in [4.78, 5) is 20.3. The van der Waals surface area contributed by atoms with Crippen LogP contribution in [0.4, 0.5) is 17.1 Å². The van der Waals surface area contributed by atoms with Gasteiger partial charge in [0, 0.05) is 55.7 Å². The van der Waals surface area contributed by atoms with Gasteiger partial charge in [-0.15, -0.1) is 0 Å². The molecule has 0 aromatic heterocycles. The molecule has 5 rings (SSSR count). The SMILES string of the molecule is Cc1cc(C)c(C(=O)N2CCN(c3ccccc3)[C@H](C(C)(C)O)C2)cc1NC1CCN(c2ccccc2C#N)CC1. The lowest BCUT2D eigenvalue weighted by Crippen LogP contribution is -2.62. The minimum Gasteiger partial charge on any atom is -0.388 e. The quantitative estimate of drug-likeness (QED) is 0.429. The van der Waals surface area contributed by atoms with Gasteiger partial charge in [-0.1, -0.05) is 36.4 Å².